The lowest BCUT2D eigenvalue weighted by Crippen LogP contribution is -2.47. The number of rotatable bonds is 4. The Balaban J connectivity index is 2.14. The number of carbonyl (C=O) groups is 2. The second-order valence-electron chi connectivity index (χ2n) is 6.63. The summed E-state index contributed by atoms with van der Waals surface area (Å²) < 4.78 is 0. The highest BCUT2D eigenvalue weighted by molar-refractivity contribution is 5.84. The van der Waals surface area contributed by atoms with Crippen LogP contribution in [0.2, 0.25) is 0 Å². The zero-order chi connectivity index (χ0) is 16.3. The molecule has 0 saturated carbocycles. The molecule has 1 amide bonds. The third-order valence-electron chi connectivity index (χ3n) is 4.63. The Morgan fingerprint density at radius 1 is 1.23 bits per heavy atom. The Labute approximate surface area is 132 Å². The fourth-order valence-electron chi connectivity index (χ4n) is 3.38. The monoisotopic (exact) mass is 303 g/mol. The first-order valence-corrected chi connectivity index (χ1v) is 7.98. The fraction of sp³-hybridized carbons (Fsp3) is 0.556. The van der Waals surface area contributed by atoms with E-state index in [1.807, 2.05) is 42.2 Å². The minimum absolute atomic E-state index is 0.00112. The van der Waals surface area contributed by atoms with E-state index < -0.39 is 5.97 Å². The zero-order valence-corrected chi connectivity index (χ0v) is 13.5. The van der Waals surface area contributed by atoms with Gasteiger partial charge < -0.3 is 10.0 Å². The number of carboxylic acid groups (broad SMARTS) is 1. The first-order valence-electron chi connectivity index (χ1n) is 7.98. The van der Waals surface area contributed by atoms with Crippen molar-refractivity contribution in [2.75, 3.05) is 13.1 Å². The van der Waals surface area contributed by atoms with Gasteiger partial charge in [0.15, 0.2) is 0 Å². The van der Waals surface area contributed by atoms with Crippen molar-refractivity contribution >= 4 is 11.9 Å². The Morgan fingerprint density at radius 3 is 2.36 bits per heavy atom. The third kappa shape index (κ3) is 3.49. The summed E-state index contributed by atoms with van der Waals surface area (Å²) in [5, 5.41) is 9.21. The van der Waals surface area contributed by atoms with Crippen LogP contribution in [0.4, 0.5) is 0 Å². The van der Waals surface area contributed by atoms with Gasteiger partial charge in [-0.3, -0.25) is 9.59 Å². The maximum Gasteiger partial charge on any atom is 0.306 e. The molecule has 1 N–H and O–H groups in total. The molecule has 4 nitrogen and oxygen atoms in total. The largest absolute Gasteiger partial charge is 0.481 e. The molecule has 1 aliphatic rings. The molecule has 1 saturated heterocycles. The molecule has 22 heavy (non-hydrogen) atoms. The molecule has 0 bridgehead atoms. The van der Waals surface area contributed by atoms with Gasteiger partial charge in [-0.1, -0.05) is 51.1 Å². The predicted molar refractivity (Wildman–Crippen MR) is 85.5 cm³/mol. The van der Waals surface area contributed by atoms with E-state index >= 15 is 0 Å². The Hall–Kier alpha value is -1.84. The number of hydrogen-bond donors (Lipinski definition) is 1. The van der Waals surface area contributed by atoms with E-state index in [1.165, 1.54) is 0 Å². The van der Waals surface area contributed by atoms with Gasteiger partial charge in [-0.15, -0.1) is 0 Å². The Kier molecular flexibility index (Phi) is 5.22. The minimum atomic E-state index is -0.747. The van der Waals surface area contributed by atoms with Crippen molar-refractivity contribution < 1.29 is 14.7 Å². The number of hydrogen-bond acceptors (Lipinski definition) is 2. The highest BCUT2D eigenvalue weighted by atomic mass is 16.4. The molecule has 1 heterocycles. The van der Waals surface area contributed by atoms with Crippen LogP contribution in [0.15, 0.2) is 30.3 Å². The summed E-state index contributed by atoms with van der Waals surface area (Å²) in [6, 6.07) is 9.85. The van der Waals surface area contributed by atoms with Gasteiger partial charge in [0.2, 0.25) is 5.91 Å². The molecule has 1 aliphatic heterocycles. The summed E-state index contributed by atoms with van der Waals surface area (Å²) >= 11 is 0. The summed E-state index contributed by atoms with van der Waals surface area (Å²) in [6.45, 7) is 7.11. The van der Waals surface area contributed by atoms with Crippen molar-refractivity contribution in [1.29, 1.82) is 0 Å². The van der Waals surface area contributed by atoms with Crippen LogP contribution in [0.1, 0.15) is 38.7 Å². The standard InChI is InChI=1S/C18H25NO3/c1-12(2)16(14-7-5-4-6-8-14)17(20)19-10-9-15(18(21)22)13(3)11-19/h4-8,12-13,15-16H,9-11H2,1-3H3,(H,21,22). The quantitative estimate of drug-likeness (QED) is 0.930. The molecular weight excluding hydrogens is 278 g/mol. The third-order valence-corrected chi connectivity index (χ3v) is 4.63. The van der Waals surface area contributed by atoms with Crippen molar-refractivity contribution in [2.45, 2.75) is 33.1 Å². The molecule has 0 aliphatic carbocycles. The lowest BCUT2D eigenvalue weighted by atomic mass is 9.83. The van der Waals surface area contributed by atoms with Gasteiger partial charge in [0.25, 0.3) is 0 Å². The van der Waals surface area contributed by atoms with E-state index in [1.54, 1.807) is 0 Å². The van der Waals surface area contributed by atoms with E-state index in [0.717, 1.165) is 5.56 Å². The zero-order valence-electron chi connectivity index (χ0n) is 13.5. The van der Waals surface area contributed by atoms with Crippen molar-refractivity contribution in [1.82, 2.24) is 4.90 Å². The highest BCUT2D eigenvalue weighted by Crippen LogP contribution is 2.30. The van der Waals surface area contributed by atoms with Crippen LogP contribution in [0.25, 0.3) is 0 Å². The lowest BCUT2D eigenvalue weighted by Gasteiger charge is -2.37. The molecular formula is C18H25NO3. The SMILES string of the molecule is CC(C)C(C(=O)N1CCC(C(=O)O)C(C)C1)c1ccccc1. The van der Waals surface area contributed by atoms with Crippen LogP contribution < -0.4 is 0 Å². The van der Waals surface area contributed by atoms with E-state index in [4.69, 9.17) is 0 Å². The topological polar surface area (TPSA) is 57.6 Å². The van der Waals surface area contributed by atoms with Gasteiger partial charge in [-0.2, -0.15) is 0 Å². The van der Waals surface area contributed by atoms with Gasteiger partial charge in [-0.25, -0.2) is 0 Å². The second kappa shape index (κ2) is 6.95. The van der Waals surface area contributed by atoms with Crippen molar-refractivity contribution in [2.24, 2.45) is 17.8 Å². The first kappa shape index (κ1) is 16.5. The number of piperidine rings is 1. The molecule has 1 fully saturated rings. The molecule has 3 unspecified atom stereocenters. The molecule has 0 aromatic heterocycles. The predicted octanol–water partition coefficient (Wildman–Crippen LogP) is 3.00. The van der Waals surface area contributed by atoms with E-state index in [0.29, 0.717) is 19.5 Å². The fourth-order valence-corrected chi connectivity index (χ4v) is 3.38. The van der Waals surface area contributed by atoms with Crippen LogP contribution in [0.5, 0.6) is 0 Å². The van der Waals surface area contributed by atoms with Crippen LogP contribution >= 0.6 is 0 Å². The maximum absolute atomic E-state index is 12.9. The molecule has 1 aromatic carbocycles. The van der Waals surface area contributed by atoms with Crippen LogP contribution in [-0.4, -0.2) is 35.0 Å². The van der Waals surface area contributed by atoms with Gasteiger partial charge in [0.1, 0.15) is 0 Å². The summed E-state index contributed by atoms with van der Waals surface area (Å²) in [4.78, 5) is 26.0. The first-order chi connectivity index (χ1) is 10.4. The second-order valence-corrected chi connectivity index (χ2v) is 6.63. The molecule has 3 atom stereocenters. The maximum atomic E-state index is 12.9. The van der Waals surface area contributed by atoms with Crippen LogP contribution in [-0.2, 0) is 9.59 Å². The minimum Gasteiger partial charge on any atom is -0.481 e. The summed E-state index contributed by atoms with van der Waals surface area (Å²) in [7, 11) is 0. The van der Waals surface area contributed by atoms with Gasteiger partial charge in [-0.05, 0) is 23.8 Å². The summed E-state index contributed by atoms with van der Waals surface area (Å²) in [5.74, 6) is -0.908. The average Bonchev–Trinajstić information content (AvgIpc) is 2.47. The van der Waals surface area contributed by atoms with Crippen molar-refractivity contribution in [3.8, 4) is 0 Å². The Bertz CT molecular complexity index is 526. The van der Waals surface area contributed by atoms with Crippen LogP contribution in [0, 0.1) is 17.8 Å². The Morgan fingerprint density at radius 2 is 1.86 bits per heavy atom. The number of benzene rings is 1. The van der Waals surface area contributed by atoms with E-state index in [2.05, 4.69) is 13.8 Å². The normalized spacial score (nSPS) is 23.4. The highest BCUT2D eigenvalue weighted by Gasteiger charge is 2.36. The summed E-state index contributed by atoms with van der Waals surface area (Å²) in [5.41, 5.74) is 1.04. The number of aliphatic carboxylic acids is 1. The molecule has 4 heteroatoms. The van der Waals surface area contributed by atoms with E-state index in [9.17, 15) is 14.7 Å². The summed E-state index contributed by atoms with van der Waals surface area (Å²) in [6.07, 6.45) is 0.543. The van der Waals surface area contributed by atoms with Gasteiger partial charge in [0, 0.05) is 13.1 Å². The van der Waals surface area contributed by atoms with Crippen LogP contribution in [0.3, 0.4) is 0 Å². The molecule has 1 aromatic rings. The molecule has 2 rings (SSSR count). The van der Waals surface area contributed by atoms with Gasteiger partial charge in [0.05, 0.1) is 11.8 Å². The lowest BCUT2D eigenvalue weighted by molar-refractivity contribution is -0.149. The number of nitrogens with zero attached hydrogens (tertiary/aromatic N) is 1. The number of carboxylic acids is 1. The number of carbonyl (C=O) groups excluding carboxylic acids is 1. The molecule has 0 spiro atoms. The smallest absolute Gasteiger partial charge is 0.306 e. The van der Waals surface area contributed by atoms with Crippen molar-refractivity contribution in [3.63, 3.8) is 0 Å². The number of likely N-dealkylation sites (tertiary alicyclic amines) is 1. The van der Waals surface area contributed by atoms with E-state index in [-0.39, 0.29) is 29.6 Å². The number of amides is 1. The average molecular weight is 303 g/mol. The molecule has 0 radical (unpaired) electrons. The molecule has 120 valence electrons. The van der Waals surface area contributed by atoms with Crippen molar-refractivity contribution in [3.05, 3.63) is 35.9 Å². The van der Waals surface area contributed by atoms with Gasteiger partial charge >= 0.3 is 5.97 Å².